The summed E-state index contributed by atoms with van der Waals surface area (Å²) in [5.74, 6) is 0.410. The van der Waals surface area contributed by atoms with E-state index in [1.54, 1.807) is 6.92 Å². The largest absolute Gasteiger partial charge is 0.329 e. The van der Waals surface area contributed by atoms with Gasteiger partial charge in [0.25, 0.3) is 0 Å². The summed E-state index contributed by atoms with van der Waals surface area (Å²) >= 11 is 0. The molecule has 0 aromatic rings. The summed E-state index contributed by atoms with van der Waals surface area (Å²) in [6, 6.07) is -0.172. The molecule has 0 rings (SSSR count). The van der Waals surface area contributed by atoms with Crippen molar-refractivity contribution in [2.75, 3.05) is 12.3 Å². The van der Waals surface area contributed by atoms with Crippen molar-refractivity contribution in [3.8, 4) is 0 Å². The second-order valence-corrected chi connectivity index (χ2v) is 5.73. The molecule has 2 atom stereocenters. The van der Waals surface area contributed by atoms with Gasteiger partial charge < -0.3 is 5.73 Å². The maximum Gasteiger partial charge on any atom is 0.212 e. The van der Waals surface area contributed by atoms with Crippen LogP contribution in [-0.4, -0.2) is 26.8 Å². The van der Waals surface area contributed by atoms with Crippen LogP contribution in [-0.2, 0) is 10.0 Å². The molecule has 1 unspecified atom stereocenters. The van der Waals surface area contributed by atoms with Crippen LogP contribution in [0.15, 0.2) is 0 Å². The Balaban J connectivity index is 0. The number of hydrogen-bond acceptors (Lipinski definition) is 3. The average Bonchev–Trinajstić information content (AvgIpc) is 2.02. The van der Waals surface area contributed by atoms with Crippen molar-refractivity contribution in [1.29, 1.82) is 0 Å². The Labute approximate surface area is 99.5 Å². The van der Waals surface area contributed by atoms with Crippen LogP contribution in [0.2, 0.25) is 0 Å². The number of rotatable bonds is 7. The molecule has 0 aliphatic carbocycles. The third kappa shape index (κ3) is 9.11. The Morgan fingerprint density at radius 2 is 1.87 bits per heavy atom. The van der Waals surface area contributed by atoms with Crippen LogP contribution >= 0.6 is 12.4 Å². The van der Waals surface area contributed by atoms with Crippen LogP contribution in [0.4, 0.5) is 0 Å². The lowest BCUT2D eigenvalue weighted by molar-refractivity contribution is 0.526. The van der Waals surface area contributed by atoms with Gasteiger partial charge in [0.15, 0.2) is 0 Å². The van der Waals surface area contributed by atoms with Crippen LogP contribution in [0.25, 0.3) is 0 Å². The summed E-state index contributed by atoms with van der Waals surface area (Å²) in [4.78, 5) is 0. The molecule has 0 spiro atoms. The zero-order valence-corrected chi connectivity index (χ0v) is 11.3. The predicted molar refractivity (Wildman–Crippen MR) is 66.8 cm³/mol. The molecule has 0 amide bonds. The Morgan fingerprint density at radius 1 is 1.33 bits per heavy atom. The van der Waals surface area contributed by atoms with Crippen molar-refractivity contribution in [3.05, 3.63) is 0 Å². The zero-order valence-electron chi connectivity index (χ0n) is 9.69. The first-order valence-corrected chi connectivity index (χ1v) is 6.76. The topological polar surface area (TPSA) is 72.2 Å². The first kappa shape index (κ1) is 17.6. The third-order valence-electron chi connectivity index (χ3n) is 2.02. The van der Waals surface area contributed by atoms with Gasteiger partial charge >= 0.3 is 0 Å². The molecule has 3 N–H and O–H groups in total. The lowest BCUT2D eigenvalue weighted by atomic mass is 10.1. The molecular formula is C9H23ClN2O2S. The van der Waals surface area contributed by atoms with E-state index in [9.17, 15) is 8.42 Å². The van der Waals surface area contributed by atoms with Gasteiger partial charge in [0.2, 0.25) is 10.0 Å². The molecule has 0 fully saturated rings. The highest BCUT2D eigenvalue weighted by molar-refractivity contribution is 7.89. The van der Waals surface area contributed by atoms with Gasteiger partial charge in [-0.15, -0.1) is 12.4 Å². The van der Waals surface area contributed by atoms with Crippen molar-refractivity contribution < 1.29 is 8.42 Å². The lowest BCUT2D eigenvalue weighted by Gasteiger charge is -2.15. The van der Waals surface area contributed by atoms with Gasteiger partial charge in [-0.2, -0.15) is 0 Å². The SMILES string of the molecule is CCCC(C)CS(=O)(=O)N[C@@H](C)CN.Cl. The Kier molecular flexibility index (Phi) is 9.74. The van der Waals surface area contributed by atoms with Crippen molar-refractivity contribution >= 4 is 22.4 Å². The van der Waals surface area contributed by atoms with Gasteiger partial charge in [-0.05, 0) is 19.3 Å². The molecule has 0 aliphatic heterocycles. The highest BCUT2D eigenvalue weighted by atomic mass is 35.5. The molecule has 0 radical (unpaired) electrons. The van der Waals surface area contributed by atoms with Gasteiger partial charge in [0.1, 0.15) is 0 Å². The number of hydrogen-bond donors (Lipinski definition) is 2. The highest BCUT2D eigenvalue weighted by Crippen LogP contribution is 2.07. The fourth-order valence-corrected chi connectivity index (χ4v) is 3.07. The fourth-order valence-electron chi connectivity index (χ4n) is 1.35. The summed E-state index contributed by atoms with van der Waals surface area (Å²) in [5.41, 5.74) is 5.34. The minimum absolute atomic E-state index is 0. The first-order chi connectivity index (χ1) is 6.41. The lowest BCUT2D eigenvalue weighted by Crippen LogP contribution is -2.40. The minimum Gasteiger partial charge on any atom is -0.329 e. The van der Waals surface area contributed by atoms with Crippen LogP contribution in [0.1, 0.15) is 33.6 Å². The van der Waals surface area contributed by atoms with E-state index in [1.807, 2.05) is 6.92 Å². The first-order valence-electron chi connectivity index (χ1n) is 5.11. The summed E-state index contributed by atoms with van der Waals surface area (Å²) < 4.78 is 25.6. The van der Waals surface area contributed by atoms with Crippen molar-refractivity contribution in [3.63, 3.8) is 0 Å². The van der Waals surface area contributed by atoms with E-state index >= 15 is 0 Å². The standard InChI is InChI=1S/C9H22N2O2S.ClH/c1-4-5-8(2)7-14(12,13)11-9(3)6-10;/h8-9,11H,4-7,10H2,1-3H3;1H/t8?,9-;/m0./s1. The smallest absolute Gasteiger partial charge is 0.212 e. The van der Waals surface area contributed by atoms with Crippen LogP contribution in [0.5, 0.6) is 0 Å². The monoisotopic (exact) mass is 258 g/mol. The highest BCUT2D eigenvalue weighted by Gasteiger charge is 2.16. The molecule has 0 saturated heterocycles. The number of sulfonamides is 1. The van der Waals surface area contributed by atoms with Crippen LogP contribution < -0.4 is 10.5 Å². The molecule has 0 bridgehead atoms. The third-order valence-corrected chi connectivity index (χ3v) is 3.79. The molecule has 94 valence electrons. The Morgan fingerprint density at radius 3 is 2.27 bits per heavy atom. The van der Waals surface area contributed by atoms with Gasteiger partial charge in [0.05, 0.1) is 5.75 Å². The summed E-state index contributed by atoms with van der Waals surface area (Å²) in [7, 11) is -3.14. The summed E-state index contributed by atoms with van der Waals surface area (Å²) in [5, 5.41) is 0. The molecule has 0 heterocycles. The fraction of sp³-hybridized carbons (Fsp3) is 1.00. The number of halogens is 1. The number of nitrogens with two attached hydrogens (primary N) is 1. The zero-order chi connectivity index (χ0) is 11.2. The molecule has 0 aromatic carbocycles. The number of nitrogens with one attached hydrogen (secondary N) is 1. The minimum atomic E-state index is -3.14. The second-order valence-electron chi connectivity index (χ2n) is 3.93. The van der Waals surface area contributed by atoms with Crippen molar-refractivity contribution in [2.24, 2.45) is 11.7 Å². The second kappa shape index (κ2) is 8.33. The quantitative estimate of drug-likeness (QED) is 0.719. The maximum absolute atomic E-state index is 11.5. The molecular weight excluding hydrogens is 236 g/mol. The molecule has 0 aromatic heterocycles. The van der Waals surface area contributed by atoms with Gasteiger partial charge in [0, 0.05) is 12.6 Å². The van der Waals surface area contributed by atoms with E-state index < -0.39 is 10.0 Å². The normalized spacial score (nSPS) is 15.5. The van der Waals surface area contributed by atoms with Gasteiger partial charge in [-0.1, -0.05) is 20.3 Å². The molecule has 0 aliphatic rings. The average molecular weight is 259 g/mol. The van der Waals surface area contributed by atoms with Crippen molar-refractivity contribution in [1.82, 2.24) is 4.72 Å². The van der Waals surface area contributed by atoms with E-state index in [4.69, 9.17) is 5.73 Å². The van der Waals surface area contributed by atoms with E-state index in [-0.39, 0.29) is 30.1 Å². The molecule has 15 heavy (non-hydrogen) atoms. The Bertz CT molecular complexity index is 244. The van der Waals surface area contributed by atoms with Crippen LogP contribution in [0, 0.1) is 5.92 Å². The van der Waals surface area contributed by atoms with E-state index in [0.717, 1.165) is 12.8 Å². The van der Waals surface area contributed by atoms with Crippen LogP contribution in [0.3, 0.4) is 0 Å². The summed E-state index contributed by atoms with van der Waals surface area (Å²) in [6.45, 7) is 6.11. The van der Waals surface area contributed by atoms with E-state index in [1.165, 1.54) is 0 Å². The van der Waals surface area contributed by atoms with Gasteiger partial charge in [-0.3, -0.25) is 0 Å². The van der Waals surface area contributed by atoms with Gasteiger partial charge in [-0.25, -0.2) is 13.1 Å². The maximum atomic E-state index is 11.5. The summed E-state index contributed by atoms with van der Waals surface area (Å²) in [6.07, 6.45) is 1.96. The predicted octanol–water partition coefficient (Wildman–Crippen LogP) is 1.11. The molecule has 0 saturated carbocycles. The Hall–Kier alpha value is 0.160. The van der Waals surface area contributed by atoms with Crippen molar-refractivity contribution in [2.45, 2.75) is 39.7 Å². The van der Waals surface area contributed by atoms with E-state index in [2.05, 4.69) is 11.6 Å². The van der Waals surface area contributed by atoms with E-state index in [0.29, 0.717) is 6.54 Å². The molecule has 6 heteroatoms. The molecule has 4 nitrogen and oxygen atoms in total.